The van der Waals surface area contributed by atoms with Gasteiger partial charge >= 0.3 is 0 Å². The topological polar surface area (TPSA) is 21.3 Å². The van der Waals surface area contributed by atoms with Gasteiger partial charge in [0.1, 0.15) is 5.75 Å². The highest BCUT2D eigenvalue weighted by atomic mass is 79.9. The zero-order valence-electron chi connectivity index (χ0n) is 13.2. The van der Waals surface area contributed by atoms with Gasteiger partial charge in [0, 0.05) is 17.1 Å². The number of halogens is 1. The van der Waals surface area contributed by atoms with Gasteiger partial charge in [-0.3, -0.25) is 0 Å². The van der Waals surface area contributed by atoms with Gasteiger partial charge in [0.15, 0.2) is 0 Å². The molecule has 0 amide bonds. The number of ether oxygens (including phenoxy) is 1. The Morgan fingerprint density at radius 2 is 1.90 bits per heavy atom. The molecule has 1 aliphatic carbocycles. The van der Waals surface area contributed by atoms with Gasteiger partial charge in [0.25, 0.3) is 0 Å². The average molecular weight is 354 g/mol. The highest BCUT2D eigenvalue weighted by Gasteiger charge is 2.20. The summed E-state index contributed by atoms with van der Waals surface area (Å²) in [6, 6.07) is 7.06. The zero-order valence-corrected chi connectivity index (χ0v) is 14.8. The molecule has 0 saturated heterocycles. The maximum absolute atomic E-state index is 5.88. The van der Waals surface area contributed by atoms with Crippen LogP contribution < -0.4 is 10.1 Å². The quantitative estimate of drug-likeness (QED) is 0.534. The van der Waals surface area contributed by atoms with Crippen molar-refractivity contribution in [2.45, 2.75) is 70.9 Å². The lowest BCUT2D eigenvalue weighted by molar-refractivity contribution is 0.304. The van der Waals surface area contributed by atoms with Crippen molar-refractivity contribution in [1.29, 1.82) is 0 Å². The third-order valence-electron chi connectivity index (χ3n) is 3.94. The molecule has 0 aliphatic heterocycles. The Morgan fingerprint density at radius 3 is 2.67 bits per heavy atom. The van der Waals surface area contributed by atoms with Crippen molar-refractivity contribution >= 4 is 15.9 Å². The van der Waals surface area contributed by atoms with Gasteiger partial charge in [-0.05, 0) is 43.0 Å². The Kier molecular flexibility index (Phi) is 7.59. The fraction of sp³-hybridized carbons (Fsp3) is 0.667. The molecule has 1 N–H and O–H groups in total. The van der Waals surface area contributed by atoms with Gasteiger partial charge in [-0.1, -0.05) is 55.0 Å². The molecule has 21 heavy (non-hydrogen) atoms. The highest BCUT2D eigenvalue weighted by molar-refractivity contribution is 9.10. The van der Waals surface area contributed by atoms with E-state index < -0.39 is 0 Å². The number of rotatable bonds is 11. The number of benzene rings is 1. The Hall–Kier alpha value is -0.540. The normalized spacial score (nSPS) is 14.4. The maximum atomic E-state index is 5.88. The molecule has 3 heteroatoms. The van der Waals surface area contributed by atoms with E-state index in [1.807, 2.05) is 0 Å². The van der Waals surface area contributed by atoms with E-state index in [1.165, 1.54) is 55.0 Å². The predicted octanol–water partition coefficient (Wildman–Crippen LogP) is 5.44. The summed E-state index contributed by atoms with van der Waals surface area (Å²) >= 11 is 3.62. The molecule has 2 nitrogen and oxygen atoms in total. The molecule has 1 aliphatic rings. The van der Waals surface area contributed by atoms with Crippen LogP contribution in [0.25, 0.3) is 0 Å². The first kappa shape index (κ1) is 16.8. The Bertz CT molecular complexity index is 418. The predicted molar refractivity (Wildman–Crippen MR) is 92.9 cm³/mol. The van der Waals surface area contributed by atoms with Crippen LogP contribution in [0.4, 0.5) is 0 Å². The zero-order chi connectivity index (χ0) is 14.9. The molecule has 1 aromatic carbocycles. The van der Waals surface area contributed by atoms with Gasteiger partial charge in [0.2, 0.25) is 0 Å². The van der Waals surface area contributed by atoms with E-state index in [1.54, 1.807) is 0 Å². The summed E-state index contributed by atoms with van der Waals surface area (Å²) in [5, 5.41) is 3.55. The van der Waals surface area contributed by atoms with Crippen molar-refractivity contribution in [3.8, 4) is 5.75 Å². The van der Waals surface area contributed by atoms with Crippen LogP contribution >= 0.6 is 15.9 Å². The molecule has 0 heterocycles. The molecule has 0 spiro atoms. The monoisotopic (exact) mass is 353 g/mol. The minimum absolute atomic E-state index is 0.740. The van der Waals surface area contributed by atoms with E-state index in [4.69, 9.17) is 4.74 Å². The first-order valence-corrected chi connectivity index (χ1v) is 9.23. The lowest BCUT2D eigenvalue weighted by atomic mass is 10.1. The van der Waals surface area contributed by atoms with E-state index in [0.717, 1.165) is 31.4 Å². The minimum Gasteiger partial charge on any atom is -0.494 e. The smallest absolute Gasteiger partial charge is 0.119 e. The second-order valence-electron chi connectivity index (χ2n) is 6.02. The summed E-state index contributed by atoms with van der Waals surface area (Å²) in [7, 11) is 0. The number of hydrogen-bond donors (Lipinski definition) is 1. The van der Waals surface area contributed by atoms with Crippen LogP contribution in [0.5, 0.6) is 5.75 Å². The second-order valence-corrected chi connectivity index (χ2v) is 6.88. The van der Waals surface area contributed by atoms with Gasteiger partial charge in [-0.15, -0.1) is 0 Å². The summed E-state index contributed by atoms with van der Waals surface area (Å²) in [6.45, 7) is 4.02. The molecule has 0 bridgehead atoms. The third-order valence-corrected chi connectivity index (χ3v) is 4.72. The lowest BCUT2D eigenvalue weighted by Gasteiger charge is -2.10. The Labute approximate surface area is 137 Å². The van der Waals surface area contributed by atoms with Crippen molar-refractivity contribution in [2.24, 2.45) is 0 Å². The third kappa shape index (κ3) is 6.84. The molecular formula is C18H28BrNO. The highest BCUT2D eigenvalue weighted by Crippen LogP contribution is 2.25. The Balaban J connectivity index is 1.66. The number of nitrogens with one attached hydrogen (secondary N) is 1. The molecule has 0 unspecified atom stereocenters. The van der Waals surface area contributed by atoms with E-state index in [-0.39, 0.29) is 0 Å². The summed E-state index contributed by atoms with van der Waals surface area (Å²) in [4.78, 5) is 0. The number of hydrogen-bond acceptors (Lipinski definition) is 2. The maximum Gasteiger partial charge on any atom is 0.119 e. The minimum atomic E-state index is 0.740. The fourth-order valence-electron chi connectivity index (χ4n) is 2.39. The van der Waals surface area contributed by atoms with Gasteiger partial charge in [-0.2, -0.15) is 0 Å². The van der Waals surface area contributed by atoms with Crippen LogP contribution in [0.1, 0.15) is 63.9 Å². The average Bonchev–Trinajstić information content (AvgIpc) is 3.31. The van der Waals surface area contributed by atoms with Gasteiger partial charge in [0.05, 0.1) is 6.61 Å². The molecule has 2 rings (SSSR count). The fourth-order valence-corrected chi connectivity index (χ4v) is 2.78. The molecule has 0 radical (unpaired) electrons. The molecule has 0 atom stereocenters. The largest absolute Gasteiger partial charge is 0.494 e. The summed E-state index contributed by atoms with van der Waals surface area (Å²) < 4.78 is 7.05. The van der Waals surface area contributed by atoms with Crippen LogP contribution in [0.15, 0.2) is 22.7 Å². The summed E-state index contributed by atoms with van der Waals surface area (Å²) in [5.41, 5.74) is 1.29. The van der Waals surface area contributed by atoms with Crippen LogP contribution in [-0.2, 0) is 6.54 Å². The van der Waals surface area contributed by atoms with Crippen LogP contribution in [0.3, 0.4) is 0 Å². The lowest BCUT2D eigenvalue weighted by Crippen LogP contribution is -2.15. The first-order chi connectivity index (χ1) is 10.3. The van der Waals surface area contributed by atoms with Crippen molar-refractivity contribution in [1.82, 2.24) is 5.32 Å². The standard InChI is InChI=1S/C18H28BrNO/c1-2-3-4-5-6-7-12-21-17-10-11-18(19)15(13-17)14-20-16-8-9-16/h10-11,13,16,20H,2-9,12,14H2,1H3. The van der Waals surface area contributed by atoms with E-state index >= 15 is 0 Å². The molecule has 0 aromatic heterocycles. The Morgan fingerprint density at radius 1 is 1.14 bits per heavy atom. The molecule has 1 fully saturated rings. The van der Waals surface area contributed by atoms with Crippen molar-refractivity contribution in [2.75, 3.05) is 6.61 Å². The van der Waals surface area contributed by atoms with Gasteiger partial charge < -0.3 is 10.1 Å². The van der Waals surface area contributed by atoms with Gasteiger partial charge in [-0.25, -0.2) is 0 Å². The van der Waals surface area contributed by atoms with Crippen molar-refractivity contribution in [3.63, 3.8) is 0 Å². The number of unbranched alkanes of at least 4 members (excludes halogenated alkanes) is 5. The van der Waals surface area contributed by atoms with Crippen molar-refractivity contribution in [3.05, 3.63) is 28.2 Å². The molecule has 1 aromatic rings. The summed E-state index contributed by atoms with van der Waals surface area (Å²) in [5.74, 6) is 0.999. The van der Waals surface area contributed by atoms with Crippen LogP contribution in [-0.4, -0.2) is 12.6 Å². The van der Waals surface area contributed by atoms with E-state index in [9.17, 15) is 0 Å². The van der Waals surface area contributed by atoms with Crippen LogP contribution in [0, 0.1) is 0 Å². The SMILES string of the molecule is CCCCCCCCOc1ccc(Br)c(CNC2CC2)c1. The van der Waals surface area contributed by atoms with Crippen molar-refractivity contribution < 1.29 is 4.74 Å². The van der Waals surface area contributed by atoms with Crippen LogP contribution in [0.2, 0.25) is 0 Å². The molecular weight excluding hydrogens is 326 g/mol. The van der Waals surface area contributed by atoms with E-state index in [0.29, 0.717) is 0 Å². The summed E-state index contributed by atoms with van der Waals surface area (Å²) in [6.07, 6.45) is 10.5. The first-order valence-electron chi connectivity index (χ1n) is 8.44. The second kappa shape index (κ2) is 9.47. The van der Waals surface area contributed by atoms with E-state index in [2.05, 4.69) is 46.4 Å². The molecule has 1 saturated carbocycles. The molecule has 118 valence electrons.